The Morgan fingerprint density at radius 3 is 2.78 bits per heavy atom. The van der Waals surface area contributed by atoms with Crippen molar-refractivity contribution < 1.29 is 13.9 Å². The van der Waals surface area contributed by atoms with Crippen LogP contribution < -0.4 is 4.74 Å². The van der Waals surface area contributed by atoms with Crippen LogP contribution >= 0.6 is 11.8 Å². The fourth-order valence-corrected chi connectivity index (χ4v) is 5.14. The number of methoxy groups -OCH3 is 1. The number of amides is 1. The molecule has 2 heterocycles. The van der Waals surface area contributed by atoms with Gasteiger partial charge in [-0.05, 0) is 44.0 Å². The van der Waals surface area contributed by atoms with Crippen LogP contribution in [0, 0.1) is 0 Å². The Morgan fingerprint density at radius 1 is 1.22 bits per heavy atom. The van der Waals surface area contributed by atoms with Crippen molar-refractivity contribution in [2.45, 2.75) is 56.8 Å². The molecule has 7 nitrogen and oxygen atoms in total. The number of rotatable bonds is 9. The van der Waals surface area contributed by atoms with Crippen LogP contribution in [-0.2, 0) is 11.3 Å². The fraction of sp³-hybridized carbons (Fsp3) is 0.458. The number of carbonyl (C=O) groups excluding carboxylic acids is 1. The lowest BCUT2D eigenvalue weighted by atomic mass is 9.94. The van der Waals surface area contributed by atoms with Crippen molar-refractivity contribution in [1.29, 1.82) is 0 Å². The Bertz CT molecular complexity index is 1010. The first-order chi connectivity index (χ1) is 15.7. The molecule has 32 heavy (non-hydrogen) atoms. The molecule has 0 unspecified atom stereocenters. The minimum Gasteiger partial charge on any atom is -0.497 e. The van der Waals surface area contributed by atoms with E-state index in [9.17, 15) is 4.79 Å². The third-order valence-corrected chi connectivity index (χ3v) is 6.89. The molecule has 0 N–H and O–H groups in total. The first-order valence-electron chi connectivity index (χ1n) is 11.2. The number of carbonyl (C=O) groups is 1. The predicted molar refractivity (Wildman–Crippen MR) is 125 cm³/mol. The van der Waals surface area contributed by atoms with Crippen molar-refractivity contribution in [3.63, 3.8) is 0 Å². The first-order valence-corrected chi connectivity index (χ1v) is 12.2. The predicted octanol–water partition coefficient (Wildman–Crippen LogP) is 4.87. The minimum atomic E-state index is 0.167. The summed E-state index contributed by atoms with van der Waals surface area (Å²) < 4.78 is 12.9. The summed E-state index contributed by atoms with van der Waals surface area (Å²) >= 11 is 1.44. The number of thioether (sulfide) groups is 1. The third-order valence-electron chi connectivity index (χ3n) is 5.94. The molecule has 1 amide bonds. The normalized spacial score (nSPS) is 14.4. The summed E-state index contributed by atoms with van der Waals surface area (Å²) in [5.74, 6) is 2.79. The molecule has 0 aliphatic heterocycles. The van der Waals surface area contributed by atoms with Gasteiger partial charge in [-0.3, -0.25) is 9.36 Å². The molecule has 3 aromatic rings. The Morgan fingerprint density at radius 2 is 2.06 bits per heavy atom. The monoisotopic (exact) mass is 454 g/mol. The van der Waals surface area contributed by atoms with Gasteiger partial charge in [0.2, 0.25) is 5.91 Å². The van der Waals surface area contributed by atoms with E-state index in [0.717, 1.165) is 42.3 Å². The lowest BCUT2D eigenvalue weighted by molar-refractivity contribution is -0.131. The van der Waals surface area contributed by atoms with Gasteiger partial charge in [-0.15, -0.1) is 10.2 Å². The highest BCUT2D eigenvalue weighted by Crippen LogP contribution is 2.29. The van der Waals surface area contributed by atoms with Crippen LogP contribution in [0.15, 0.2) is 52.2 Å². The molecule has 0 bridgehead atoms. The summed E-state index contributed by atoms with van der Waals surface area (Å²) in [5.41, 5.74) is 0.902. The van der Waals surface area contributed by atoms with E-state index in [1.807, 2.05) is 45.9 Å². The van der Waals surface area contributed by atoms with Gasteiger partial charge in [-0.25, -0.2) is 0 Å². The average Bonchev–Trinajstić information content (AvgIpc) is 3.49. The molecule has 170 valence electrons. The Balaban J connectivity index is 1.55. The average molecular weight is 455 g/mol. The van der Waals surface area contributed by atoms with E-state index in [1.165, 1.54) is 31.0 Å². The van der Waals surface area contributed by atoms with Crippen molar-refractivity contribution in [1.82, 2.24) is 19.7 Å². The maximum atomic E-state index is 13.0. The van der Waals surface area contributed by atoms with Crippen LogP contribution in [0.4, 0.5) is 0 Å². The molecule has 1 aliphatic carbocycles. The zero-order valence-electron chi connectivity index (χ0n) is 18.7. The third kappa shape index (κ3) is 5.18. The van der Waals surface area contributed by atoms with Crippen LogP contribution in [0.2, 0.25) is 0 Å². The van der Waals surface area contributed by atoms with E-state index >= 15 is 0 Å². The second-order valence-corrected chi connectivity index (χ2v) is 8.91. The highest BCUT2D eigenvalue weighted by molar-refractivity contribution is 7.99. The van der Waals surface area contributed by atoms with Crippen molar-refractivity contribution in [2.24, 2.45) is 0 Å². The SMILES string of the molecule is CCN(C(=O)CSc1nnc(-c2cccc(OC)c2)n1Cc1ccco1)C1CCCCC1. The molecule has 2 aromatic heterocycles. The Hall–Kier alpha value is -2.74. The highest BCUT2D eigenvalue weighted by atomic mass is 32.2. The summed E-state index contributed by atoms with van der Waals surface area (Å²) in [4.78, 5) is 15.1. The van der Waals surface area contributed by atoms with Gasteiger partial charge < -0.3 is 14.1 Å². The molecule has 1 aliphatic rings. The van der Waals surface area contributed by atoms with E-state index in [4.69, 9.17) is 9.15 Å². The number of benzene rings is 1. The van der Waals surface area contributed by atoms with Crippen LogP contribution in [0.1, 0.15) is 44.8 Å². The topological polar surface area (TPSA) is 73.4 Å². The lowest BCUT2D eigenvalue weighted by Crippen LogP contribution is -2.42. The second kappa shape index (κ2) is 10.7. The number of furan rings is 1. The largest absolute Gasteiger partial charge is 0.497 e. The number of hydrogen-bond acceptors (Lipinski definition) is 6. The molecule has 0 saturated heterocycles. The van der Waals surface area contributed by atoms with Crippen molar-refractivity contribution in [2.75, 3.05) is 19.4 Å². The van der Waals surface area contributed by atoms with E-state index < -0.39 is 0 Å². The van der Waals surface area contributed by atoms with Crippen molar-refractivity contribution in [3.8, 4) is 17.1 Å². The zero-order valence-corrected chi connectivity index (χ0v) is 19.5. The first kappa shape index (κ1) is 22.5. The number of ether oxygens (including phenoxy) is 1. The van der Waals surface area contributed by atoms with E-state index in [1.54, 1.807) is 13.4 Å². The van der Waals surface area contributed by atoms with Gasteiger partial charge >= 0.3 is 0 Å². The maximum absolute atomic E-state index is 13.0. The summed E-state index contributed by atoms with van der Waals surface area (Å²) in [6.07, 6.45) is 7.58. The molecule has 0 radical (unpaired) electrons. The summed E-state index contributed by atoms with van der Waals surface area (Å²) in [6, 6.07) is 11.9. The summed E-state index contributed by atoms with van der Waals surface area (Å²) in [5, 5.41) is 9.57. The number of aromatic nitrogens is 3. The van der Waals surface area contributed by atoms with Gasteiger partial charge in [-0.2, -0.15) is 0 Å². The molecule has 4 rings (SSSR count). The van der Waals surface area contributed by atoms with E-state index in [-0.39, 0.29) is 5.91 Å². The molecular weight excluding hydrogens is 424 g/mol. The lowest BCUT2D eigenvalue weighted by Gasteiger charge is -2.33. The minimum absolute atomic E-state index is 0.167. The molecule has 8 heteroatoms. The highest BCUT2D eigenvalue weighted by Gasteiger charge is 2.25. The van der Waals surface area contributed by atoms with Crippen molar-refractivity contribution >= 4 is 17.7 Å². The standard InChI is InChI=1S/C24H30N4O3S/c1-3-27(19-10-5-4-6-11-19)22(29)17-32-24-26-25-23(18-9-7-12-20(15-18)30-2)28(24)16-21-13-8-14-31-21/h7-9,12-15,19H,3-6,10-11,16-17H2,1-2H3. The van der Waals surface area contributed by atoms with Gasteiger partial charge in [0, 0.05) is 18.2 Å². The molecule has 1 fully saturated rings. The smallest absolute Gasteiger partial charge is 0.233 e. The second-order valence-electron chi connectivity index (χ2n) is 7.96. The Kier molecular flexibility index (Phi) is 7.52. The number of nitrogens with zero attached hydrogens (tertiary/aromatic N) is 4. The quantitative estimate of drug-likeness (QED) is 0.430. The molecule has 1 aromatic carbocycles. The molecule has 1 saturated carbocycles. The van der Waals surface area contributed by atoms with Gasteiger partial charge in [-0.1, -0.05) is 43.2 Å². The molecule has 0 atom stereocenters. The zero-order chi connectivity index (χ0) is 22.3. The van der Waals surface area contributed by atoms with Gasteiger partial charge in [0.05, 0.1) is 25.7 Å². The van der Waals surface area contributed by atoms with Crippen LogP contribution in [0.3, 0.4) is 0 Å². The van der Waals surface area contributed by atoms with Crippen LogP contribution in [0.25, 0.3) is 11.4 Å². The van der Waals surface area contributed by atoms with Gasteiger partial charge in [0.15, 0.2) is 11.0 Å². The summed E-state index contributed by atoms with van der Waals surface area (Å²) in [7, 11) is 1.64. The van der Waals surface area contributed by atoms with Gasteiger partial charge in [0.25, 0.3) is 0 Å². The number of hydrogen-bond donors (Lipinski definition) is 0. The molecular formula is C24H30N4O3S. The van der Waals surface area contributed by atoms with Crippen LogP contribution in [-0.4, -0.2) is 51.0 Å². The van der Waals surface area contributed by atoms with Crippen molar-refractivity contribution in [3.05, 3.63) is 48.4 Å². The van der Waals surface area contributed by atoms with E-state index in [0.29, 0.717) is 23.5 Å². The van der Waals surface area contributed by atoms with Crippen LogP contribution in [0.5, 0.6) is 5.75 Å². The van der Waals surface area contributed by atoms with Gasteiger partial charge in [0.1, 0.15) is 11.5 Å². The Labute approximate surface area is 193 Å². The summed E-state index contributed by atoms with van der Waals surface area (Å²) in [6.45, 7) is 3.30. The molecule has 0 spiro atoms. The maximum Gasteiger partial charge on any atom is 0.233 e. The van der Waals surface area contributed by atoms with E-state index in [2.05, 4.69) is 17.1 Å². The fourth-order valence-electron chi connectivity index (χ4n) is 4.31.